The van der Waals surface area contributed by atoms with E-state index >= 15 is 0 Å². The molecule has 226 valence electrons. The molecule has 1 saturated heterocycles. The van der Waals surface area contributed by atoms with Gasteiger partial charge in [-0.1, -0.05) is 39.8 Å². The van der Waals surface area contributed by atoms with Gasteiger partial charge in [-0.25, -0.2) is 4.79 Å². The first kappa shape index (κ1) is 31.3. The van der Waals surface area contributed by atoms with Crippen molar-refractivity contribution in [2.45, 2.75) is 47.0 Å². The van der Waals surface area contributed by atoms with Gasteiger partial charge in [0, 0.05) is 24.3 Å². The molecule has 0 aromatic heterocycles. The molecule has 1 N–H and O–H groups in total. The highest BCUT2D eigenvalue weighted by Gasteiger charge is 2.36. The summed E-state index contributed by atoms with van der Waals surface area (Å²) in [6, 6.07) is 19.5. The number of esters is 2. The van der Waals surface area contributed by atoms with E-state index in [-0.39, 0.29) is 24.8 Å². The highest BCUT2D eigenvalue weighted by Crippen LogP contribution is 2.33. The van der Waals surface area contributed by atoms with Crippen LogP contribution in [0.2, 0.25) is 0 Å². The van der Waals surface area contributed by atoms with E-state index in [0.29, 0.717) is 35.2 Å². The number of anilines is 2. The molecular formula is C34H38N2O7. The number of benzene rings is 3. The van der Waals surface area contributed by atoms with Crippen LogP contribution in [0.25, 0.3) is 0 Å². The third-order valence-electron chi connectivity index (χ3n) is 6.92. The summed E-state index contributed by atoms with van der Waals surface area (Å²) < 4.78 is 16.6. The number of nitrogens with one attached hydrogen (secondary N) is 1. The van der Waals surface area contributed by atoms with E-state index in [4.69, 9.17) is 14.2 Å². The Morgan fingerprint density at radius 2 is 1.63 bits per heavy atom. The van der Waals surface area contributed by atoms with E-state index < -0.39 is 30.4 Å². The van der Waals surface area contributed by atoms with Gasteiger partial charge in [0.2, 0.25) is 5.91 Å². The zero-order valence-corrected chi connectivity index (χ0v) is 25.2. The molecule has 43 heavy (non-hydrogen) atoms. The quantitative estimate of drug-likeness (QED) is 0.264. The van der Waals surface area contributed by atoms with Crippen molar-refractivity contribution in [3.8, 4) is 11.5 Å². The Balaban J connectivity index is 1.27. The predicted molar refractivity (Wildman–Crippen MR) is 163 cm³/mol. The maximum atomic E-state index is 12.7. The van der Waals surface area contributed by atoms with Crippen LogP contribution >= 0.6 is 0 Å². The molecule has 1 aliphatic heterocycles. The molecule has 0 bridgehead atoms. The van der Waals surface area contributed by atoms with Gasteiger partial charge in [0.1, 0.15) is 11.5 Å². The number of carbonyl (C=O) groups excluding carboxylic acids is 4. The number of hydrogen-bond donors (Lipinski definition) is 1. The highest BCUT2D eigenvalue weighted by atomic mass is 16.5. The van der Waals surface area contributed by atoms with Crippen molar-refractivity contribution < 1.29 is 33.4 Å². The molecule has 3 aromatic rings. The summed E-state index contributed by atoms with van der Waals surface area (Å²) in [6.45, 7) is 10.1. The van der Waals surface area contributed by atoms with Crippen LogP contribution in [0.5, 0.6) is 11.5 Å². The SMILES string of the molecule is Cc1ccc(C(C)C)c(Oc2ccc(N3C[C@@H](C(=O)OCC(=O)Nc4ccc(C(=O)OCC(C)C)cc4)CC3=O)cc2)c1. The molecule has 0 unspecified atom stereocenters. The van der Waals surface area contributed by atoms with Gasteiger partial charge in [0.15, 0.2) is 6.61 Å². The standard InChI is InChI=1S/C34H38N2O7/c1-21(2)19-41-33(39)24-7-9-26(10-8-24)35-31(37)20-42-34(40)25-17-32(38)36(18-25)27-11-13-28(14-12-27)43-30-16-23(5)6-15-29(30)22(3)4/h6-16,21-22,25H,17-20H2,1-5H3,(H,35,37)/t25-/m0/s1. The normalized spacial score (nSPS) is 14.6. The average molecular weight is 587 g/mol. The van der Waals surface area contributed by atoms with Gasteiger partial charge in [-0.15, -0.1) is 0 Å². The van der Waals surface area contributed by atoms with Crippen LogP contribution < -0.4 is 15.0 Å². The summed E-state index contributed by atoms with van der Waals surface area (Å²) >= 11 is 0. The van der Waals surface area contributed by atoms with E-state index in [0.717, 1.165) is 16.9 Å². The smallest absolute Gasteiger partial charge is 0.338 e. The number of nitrogens with zero attached hydrogens (tertiary/aromatic N) is 1. The van der Waals surface area contributed by atoms with E-state index in [2.05, 4.69) is 31.3 Å². The van der Waals surface area contributed by atoms with Crippen LogP contribution in [0.3, 0.4) is 0 Å². The highest BCUT2D eigenvalue weighted by molar-refractivity contribution is 6.00. The fraction of sp³-hybridized carbons (Fsp3) is 0.353. The van der Waals surface area contributed by atoms with Crippen molar-refractivity contribution in [1.29, 1.82) is 0 Å². The summed E-state index contributed by atoms with van der Waals surface area (Å²) in [7, 11) is 0. The van der Waals surface area contributed by atoms with Gasteiger partial charge < -0.3 is 24.4 Å². The molecule has 9 heteroatoms. The minimum absolute atomic E-state index is 0.00584. The topological polar surface area (TPSA) is 111 Å². The molecule has 1 fully saturated rings. The molecule has 0 aliphatic carbocycles. The Labute approximate surface area is 252 Å². The second-order valence-corrected chi connectivity index (χ2v) is 11.4. The zero-order chi connectivity index (χ0) is 31.1. The summed E-state index contributed by atoms with van der Waals surface area (Å²) in [4.78, 5) is 51.3. The number of carbonyl (C=O) groups is 4. The molecule has 0 saturated carbocycles. The van der Waals surface area contributed by atoms with Gasteiger partial charge in [-0.05, 0) is 84.5 Å². The summed E-state index contributed by atoms with van der Waals surface area (Å²) in [5, 5.41) is 2.63. The van der Waals surface area contributed by atoms with Crippen molar-refractivity contribution in [1.82, 2.24) is 0 Å². The van der Waals surface area contributed by atoms with E-state index in [9.17, 15) is 19.2 Å². The zero-order valence-electron chi connectivity index (χ0n) is 25.2. The van der Waals surface area contributed by atoms with Crippen LogP contribution in [0, 0.1) is 18.8 Å². The molecule has 1 aliphatic rings. The molecule has 0 spiro atoms. The lowest BCUT2D eigenvalue weighted by atomic mass is 10.0. The average Bonchev–Trinajstić information content (AvgIpc) is 3.36. The lowest BCUT2D eigenvalue weighted by Crippen LogP contribution is -2.28. The molecule has 0 radical (unpaired) electrons. The second-order valence-electron chi connectivity index (χ2n) is 11.4. The van der Waals surface area contributed by atoms with Crippen LogP contribution in [0.1, 0.15) is 61.5 Å². The summed E-state index contributed by atoms with van der Waals surface area (Å²) in [5.74, 6) is -0.502. The maximum absolute atomic E-state index is 12.7. The largest absolute Gasteiger partial charge is 0.462 e. The monoisotopic (exact) mass is 586 g/mol. The first-order chi connectivity index (χ1) is 20.5. The van der Waals surface area contributed by atoms with E-state index in [1.165, 1.54) is 4.90 Å². The Hall–Kier alpha value is -4.66. The van der Waals surface area contributed by atoms with Gasteiger partial charge in [0.05, 0.1) is 18.1 Å². The van der Waals surface area contributed by atoms with Crippen molar-refractivity contribution >= 4 is 35.1 Å². The van der Waals surface area contributed by atoms with Gasteiger partial charge in [-0.3, -0.25) is 14.4 Å². The first-order valence-electron chi connectivity index (χ1n) is 14.4. The lowest BCUT2D eigenvalue weighted by molar-refractivity contribution is -0.151. The lowest BCUT2D eigenvalue weighted by Gasteiger charge is -2.18. The van der Waals surface area contributed by atoms with E-state index in [1.54, 1.807) is 48.5 Å². The predicted octanol–water partition coefficient (Wildman–Crippen LogP) is 6.26. The molecule has 9 nitrogen and oxygen atoms in total. The van der Waals surface area contributed by atoms with Crippen molar-refractivity contribution in [2.75, 3.05) is 30.0 Å². The number of ether oxygens (including phenoxy) is 3. The molecule has 4 rings (SSSR count). The Bertz CT molecular complexity index is 1460. The van der Waals surface area contributed by atoms with Crippen LogP contribution in [0.15, 0.2) is 66.7 Å². The molecular weight excluding hydrogens is 548 g/mol. The van der Waals surface area contributed by atoms with Gasteiger partial charge in [-0.2, -0.15) is 0 Å². The Kier molecular flexibility index (Phi) is 10.2. The van der Waals surface area contributed by atoms with Crippen molar-refractivity contribution in [3.05, 3.63) is 83.4 Å². The number of hydrogen-bond acceptors (Lipinski definition) is 7. The Morgan fingerprint density at radius 1 is 0.930 bits per heavy atom. The minimum atomic E-state index is -0.687. The fourth-order valence-electron chi connectivity index (χ4n) is 4.61. The molecule has 1 heterocycles. The first-order valence-corrected chi connectivity index (χ1v) is 14.4. The maximum Gasteiger partial charge on any atom is 0.338 e. The van der Waals surface area contributed by atoms with Crippen molar-refractivity contribution in [2.24, 2.45) is 11.8 Å². The van der Waals surface area contributed by atoms with Gasteiger partial charge in [0.25, 0.3) is 5.91 Å². The van der Waals surface area contributed by atoms with Gasteiger partial charge >= 0.3 is 11.9 Å². The summed E-state index contributed by atoms with van der Waals surface area (Å²) in [6.07, 6.45) is -0.00584. The molecule has 1 atom stereocenters. The number of rotatable bonds is 11. The molecule has 3 aromatic carbocycles. The fourth-order valence-corrected chi connectivity index (χ4v) is 4.61. The van der Waals surface area contributed by atoms with E-state index in [1.807, 2.05) is 26.8 Å². The van der Waals surface area contributed by atoms with Crippen LogP contribution in [-0.2, 0) is 23.9 Å². The second kappa shape index (κ2) is 14.0. The minimum Gasteiger partial charge on any atom is -0.462 e. The number of aryl methyl sites for hydroxylation is 1. The Morgan fingerprint density at radius 3 is 2.28 bits per heavy atom. The third kappa shape index (κ3) is 8.44. The number of amides is 2. The van der Waals surface area contributed by atoms with Crippen LogP contribution in [-0.4, -0.2) is 43.5 Å². The summed E-state index contributed by atoms with van der Waals surface area (Å²) in [5.41, 5.74) is 3.67. The molecule has 2 amide bonds. The third-order valence-corrected chi connectivity index (χ3v) is 6.92. The van der Waals surface area contributed by atoms with Crippen LogP contribution in [0.4, 0.5) is 11.4 Å². The van der Waals surface area contributed by atoms with Crippen molar-refractivity contribution in [3.63, 3.8) is 0 Å².